The van der Waals surface area contributed by atoms with Crippen LogP contribution >= 0.6 is 0 Å². The van der Waals surface area contributed by atoms with E-state index in [0.717, 1.165) is 31.7 Å². The van der Waals surface area contributed by atoms with E-state index in [1.54, 1.807) is 12.4 Å². The Hall–Kier alpha value is -1.20. The molecule has 0 aliphatic carbocycles. The normalized spacial score (nSPS) is 19.6. The molecule has 1 aromatic heterocycles. The molecule has 1 aromatic rings. The summed E-state index contributed by atoms with van der Waals surface area (Å²) < 4.78 is 11.2. The lowest BCUT2D eigenvalue weighted by Crippen LogP contribution is -2.26. The Morgan fingerprint density at radius 3 is 2.89 bits per heavy atom. The van der Waals surface area contributed by atoms with Crippen LogP contribution in [-0.4, -0.2) is 35.3 Å². The average Bonchev–Trinajstić information content (AvgIpc) is 2.45. The molecule has 0 saturated carbocycles. The minimum absolute atomic E-state index is 0.206. The lowest BCUT2D eigenvalue weighted by molar-refractivity contribution is -0.0120. The molecule has 1 aliphatic heterocycles. The fraction of sp³-hybridized carbons (Fsp3) is 0.714. The minimum Gasteiger partial charge on any atom is -0.474 e. The van der Waals surface area contributed by atoms with Crippen LogP contribution in [0.15, 0.2) is 12.4 Å². The van der Waals surface area contributed by atoms with Crippen LogP contribution in [-0.2, 0) is 11.3 Å². The molecule has 0 amide bonds. The predicted molar refractivity (Wildman–Crippen MR) is 73.1 cm³/mol. The first-order valence-corrected chi connectivity index (χ1v) is 7.03. The molecule has 1 unspecified atom stereocenters. The van der Waals surface area contributed by atoms with Crippen LogP contribution in [0.1, 0.15) is 38.8 Å². The van der Waals surface area contributed by atoms with Crippen LogP contribution in [0.2, 0.25) is 0 Å². The zero-order valence-corrected chi connectivity index (χ0v) is 11.8. The molecule has 2 rings (SSSR count). The summed E-state index contributed by atoms with van der Waals surface area (Å²) >= 11 is 0. The molecule has 5 heteroatoms. The van der Waals surface area contributed by atoms with Crippen molar-refractivity contribution >= 4 is 0 Å². The van der Waals surface area contributed by atoms with Crippen molar-refractivity contribution in [3.63, 3.8) is 0 Å². The summed E-state index contributed by atoms with van der Waals surface area (Å²) in [6, 6.07) is 0.446. The molecule has 1 atom stereocenters. The Labute approximate surface area is 114 Å². The molecule has 0 aromatic carbocycles. The molecule has 0 spiro atoms. The van der Waals surface area contributed by atoms with Gasteiger partial charge in [-0.1, -0.05) is 13.8 Å². The number of hydrogen-bond donors (Lipinski definition) is 1. The maximum absolute atomic E-state index is 5.61. The topological polar surface area (TPSA) is 56.3 Å². The molecule has 106 valence electrons. The van der Waals surface area contributed by atoms with E-state index in [0.29, 0.717) is 18.5 Å². The summed E-state index contributed by atoms with van der Waals surface area (Å²) in [5, 5.41) is 3.30. The van der Waals surface area contributed by atoms with Gasteiger partial charge in [0.1, 0.15) is 6.61 Å². The molecule has 5 nitrogen and oxygen atoms in total. The Morgan fingerprint density at radius 2 is 2.26 bits per heavy atom. The molecular weight excluding hydrogens is 242 g/mol. The summed E-state index contributed by atoms with van der Waals surface area (Å²) in [5.74, 6) is 0.572. The summed E-state index contributed by atoms with van der Waals surface area (Å²) in [5.41, 5.74) is 0.926. The molecular formula is C14H23N3O2. The number of nitrogens with zero attached hydrogens (tertiary/aromatic N) is 2. The van der Waals surface area contributed by atoms with E-state index in [1.165, 1.54) is 6.42 Å². The van der Waals surface area contributed by atoms with Gasteiger partial charge in [-0.05, 0) is 19.3 Å². The van der Waals surface area contributed by atoms with Gasteiger partial charge < -0.3 is 14.8 Å². The smallest absolute Gasteiger partial charge is 0.232 e. The SMILES string of the molecule is CC(C)NCc1cnc(OCC2CCCCO2)cn1. The van der Waals surface area contributed by atoms with E-state index >= 15 is 0 Å². The number of aromatic nitrogens is 2. The van der Waals surface area contributed by atoms with Gasteiger partial charge >= 0.3 is 0 Å². The maximum atomic E-state index is 5.61. The minimum atomic E-state index is 0.206. The van der Waals surface area contributed by atoms with E-state index < -0.39 is 0 Å². The van der Waals surface area contributed by atoms with Gasteiger partial charge in [-0.2, -0.15) is 0 Å². The molecule has 0 radical (unpaired) electrons. The van der Waals surface area contributed by atoms with Gasteiger partial charge in [0.05, 0.1) is 24.2 Å². The zero-order chi connectivity index (χ0) is 13.5. The number of hydrogen-bond acceptors (Lipinski definition) is 5. The van der Waals surface area contributed by atoms with Gasteiger partial charge in [-0.25, -0.2) is 4.98 Å². The van der Waals surface area contributed by atoms with Gasteiger partial charge in [0.15, 0.2) is 0 Å². The Balaban J connectivity index is 1.74. The van der Waals surface area contributed by atoms with Crippen LogP contribution < -0.4 is 10.1 Å². The average molecular weight is 265 g/mol. The molecule has 1 N–H and O–H groups in total. The molecule has 1 aliphatic rings. The maximum Gasteiger partial charge on any atom is 0.232 e. The van der Waals surface area contributed by atoms with Crippen molar-refractivity contribution in [1.29, 1.82) is 0 Å². The lowest BCUT2D eigenvalue weighted by Gasteiger charge is -2.22. The first-order valence-electron chi connectivity index (χ1n) is 7.03. The van der Waals surface area contributed by atoms with Crippen molar-refractivity contribution in [2.75, 3.05) is 13.2 Å². The molecule has 19 heavy (non-hydrogen) atoms. The highest BCUT2D eigenvalue weighted by atomic mass is 16.5. The van der Waals surface area contributed by atoms with Crippen LogP contribution in [0.4, 0.5) is 0 Å². The van der Waals surface area contributed by atoms with Gasteiger partial charge in [-0.15, -0.1) is 0 Å². The number of nitrogens with one attached hydrogen (secondary N) is 1. The van der Waals surface area contributed by atoms with Crippen molar-refractivity contribution in [2.45, 2.75) is 51.8 Å². The molecule has 1 fully saturated rings. The van der Waals surface area contributed by atoms with Crippen molar-refractivity contribution in [3.05, 3.63) is 18.1 Å². The van der Waals surface area contributed by atoms with Crippen molar-refractivity contribution in [3.8, 4) is 5.88 Å². The number of rotatable bonds is 6. The highest BCUT2D eigenvalue weighted by molar-refractivity contribution is 5.07. The fourth-order valence-electron chi connectivity index (χ4n) is 1.93. The van der Waals surface area contributed by atoms with Crippen molar-refractivity contribution < 1.29 is 9.47 Å². The van der Waals surface area contributed by atoms with Crippen LogP contribution in [0.5, 0.6) is 5.88 Å². The summed E-state index contributed by atoms with van der Waals surface area (Å²) in [4.78, 5) is 8.58. The zero-order valence-electron chi connectivity index (χ0n) is 11.8. The van der Waals surface area contributed by atoms with E-state index in [9.17, 15) is 0 Å². The molecule has 1 saturated heterocycles. The largest absolute Gasteiger partial charge is 0.474 e. The second-order valence-electron chi connectivity index (χ2n) is 5.18. The third kappa shape index (κ3) is 5.12. The van der Waals surface area contributed by atoms with Crippen LogP contribution in [0, 0.1) is 0 Å². The van der Waals surface area contributed by atoms with E-state index in [4.69, 9.17) is 9.47 Å². The van der Waals surface area contributed by atoms with Crippen molar-refractivity contribution in [2.24, 2.45) is 0 Å². The second kappa shape index (κ2) is 7.40. The first-order chi connectivity index (χ1) is 9.24. The Morgan fingerprint density at radius 1 is 1.37 bits per heavy atom. The van der Waals surface area contributed by atoms with Crippen molar-refractivity contribution in [1.82, 2.24) is 15.3 Å². The summed E-state index contributed by atoms with van der Waals surface area (Å²) in [7, 11) is 0. The summed E-state index contributed by atoms with van der Waals surface area (Å²) in [6.07, 6.45) is 7.10. The first kappa shape index (κ1) is 14.2. The standard InChI is InChI=1S/C14H23N3O2/c1-11(2)15-7-12-8-17-14(9-16-12)19-10-13-5-3-4-6-18-13/h8-9,11,13,15H,3-7,10H2,1-2H3. The highest BCUT2D eigenvalue weighted by Gasteiger charge is 2.14. The highest BCUT2D eigenvalue weighted by Crippen LogP contribution is 2.14. The monoisotopic (exact) mass is 265 g/mol. The second-order valence-corrected chi connectivity index (χ2v) is 5.18. The van der Waals surface area contributed by atoms with Gasteiger partial charge in [0, 0.05) is 19.2 Å². The Kier molecular flexibility index (Phi) is 5.54. The van der Waals surface area contributed by atoms with Crippen LogP contribution in [0.25, 0.3) is 0 Å². The lowest BCUT2D eigenvalue weighted by atomic mass is 10.1. The predicted octanol–water partition coefficient (Wildman–Crippen LogP) is 1.92. The summed E-state index contributed by atoms with van der Waals surface area (Å²) in [6.45, 7) is 6.36. The third-order valence-electron chi connectivity index (χ3n) is 3.06. The third-order valence-corrected chi connectivity index (χ3v) is 3.06. The van der Waals surface area contributed by atoms with Gasteiger partial charge in [0.25, 0.3) is 0 Å². The molecule has 2 heterocycles. The van der Waals surface area contributed by atoms with E-state index in [-0.39, 0.29) is 6.10 Å². The van der Waals surface area contributed by atoms with E-state index in [2.05, 4.69) is 29.1 Å². The van der Waals surface area contributed by atoms with Crippen LogP contribution in [0.3, 0.4) is 0 Å². The van der Waals surface area contributed by atoms with Gasteiger partial charge in [-0.3, -0.25) is 4.98 Å². The Bertz CT molecular complexity index is 361. The van der Waals surface area contributed by atoms with E-state index in [1.807, 2.05) is 0 Å². The number of ether oxygens (including phenoxy) is 2. The fourth-order valence-corrected chi connectivity index (χ4v) is 1.93. The molecule has 0 bridgehead atoms. The van der Waals surface area contributed by atoms with Gasteiger partial charge in [0.2, 0.25) is 5.88 Å². The quantitative estimate of drug-likeness (QED) is 0.851.